The van der Waals surface area contributed by atoms with Crippen LogP contribution in [-0.2, 0) is 9.59 Å². The van der Waals surface area contributed by atoms with Crippen molar-refractivity contribution in [3.63, 3.8) is 0 Å². The Hall–Kier alpha value is -2.30. The number of allylic oxidation sites excluding steroid dienone is 1. The number of benzene rings is 2. The third-order valence-corrected chi connectivity index (χ3v) is 6.56. The largest absolute Gasteiger partial charge is 0.350 e. The van der Waals surface area contributed by atoms with Crippen LogP contribution in [0.5, 0.6) is 0 Å². The molecule has 0 radical (unpaired) electrons. The number of halogens is 2. The van der Waals surface area contributed by atoms with E-state index in [-0.39, 0.29) is 30.3 Å². The lowest BCUT2D eigenvalue weighted by Gasteiger charge is -2.49. The molecule has 0 aliphatic carbocycles. The summed E-state index contributed by atoms with van der Waals surface area (Å²) in [6.07, 6.45) is 2.92. The molecule has 1 fully saturated rings. The van der Waals surface area contributed by atoms with Crippen LogP contribution in [0, 0.1) is 5.41 Å². The van der Waals surface area contributed by atoms with Gasteiger partial charge >= 0.3 is 0 Å². The summed E-state index contributed by atoms with van der Waals surface area (Å²) in [5.74, 6) is -0.304. The summed E-state index contributed by atoms with van der Waals surface area (Å²) in [6, 6.07) is 14.9. The molecule has 4 nitrogen and oxygen atoms in total. The lowest BCUT2D eigenvalue weighted by Crippen LogP contribution is -2.55. The summed E-state index contributed by atoms with van der Waals surface area (Å²) in [4.78, 5) is 28.6. The van der Waals surface area contributed by atoms with Crippen LogP contribution in [0.1, 0.15) is 63.6 Å². The summed E-state index contributed by atoms with van der Waals surface area (Å²) in [5, 5.41) is 4.26. The van der Waals surface area contributed by atoms with Crippen molar-refractivity contribution in [3.05, 3.63) is 82.4 Å². The highest BCUT2D eigenvalue weighted by atomic mass is 35.5. The molecule has 2 aromatic rings. The van der Waals surface area contributed by atoms with E-state index in [1.54, 1.807) is 11.0 Å². The van der Waals surface area contributed by atoms with Crippen molar-refractivity contribution in [2.24, 2.45) is 5.41 Å². The fourth-order valence-electron chi connectivity index (χ4n) is 4.76. The molecule has 2 aromatic carbocycles. The molecule has 1 aliphatic heterocycles. The van der Waals surface area contributed by atoms with Gasteiger partial charge in [0, 0.05) is 21.5 Å². The van der Waals surface area contributed by atoms with Crippen molar-refractivity contribution in [3.8, 4) is 0 Å². The predicted octanol–water partition coefficient (Wildman–Crippen LogP) is 6.55. The highest BCUT2D eigenvalue weighted by Gasteiger charge is 2.49. The molecule has 0 saturated carbocycles. The van der Waals surface area contributed by atoms with Gasteiger partial charge in [-0.2, -0.15) is 0 Å². The smallest absolute Gasteiger partial charge is 0.240 e. The normalized spacial score (nSPS) is 23.3. The van der Waals surface area contributed by atoms with Crippen molar-refractivity contribution in [1.82, 2.24) is 10.2 Å². The topological polar surface area (TPSA) is 49.4 Å². The van der Waals surface area contributed by atoms with Crippen LogP contribution in [0.25, 0.3) is 0 Å². The molecule has 0 bridgehead atoms. The van der Waals surface area contributed by atoms with E-state index in [0.717, 1.165) is 11.1 Å². The standard InChI is InChI=1S/C27H32Cl2N2O2/c1-6-14-27(5)16-22(19-8-7-9-21(29)15-19)24(18-10-12-20(28)13-11-18)31(25(27)33)17-23(32)30-26(2,3)4/h6-13,15,22,24H,1,14,16-17H2,2-5H3,(H,30,32). The first-order valence-electron chi connectivity index (χ1n) is 11.2. The van der Waals surface area contributed by atoms with E-state index in [1.165, 1.54) is 0 Å². The highest BCUT2D eigenvalue weighted by Crippen LogP contribution is 2.51. The summed E-state index contributed by atoms with van der Waals surface area (Å²) in [7, 11) is 0. The van der Waals surface area contributed by atoms with E-state index >= 15 is 0 Å². The highest BCUT2D eigenvalue weighted by molar-refractivity contribution is 6.30. The molecule has 33 heavy (non-hydrogen) atoms. The van der Waals surface area contributed by atoms with Crippen LogP contribution in [0.15, 0.2) is 61.2 Å². The van der Waals surface area contributed by atoms with Gasteiger partial charge in [-0.15, -0.1) is 6.58 Å². The molecule has 0 aromatic heterocycles. The van der Waals surface area contributed by atoms with E-state index < -0.39 is 11.0 Å². The van der Waals surface area contributed by atoms with Crippen molar-refractivity contribution in [1.29, 1.82) is 0 Å². The number of nitrogens with one attached hydrogen (secondary N) is 1. The predicted molar refractivity (Wildman–Crippen MR) is 136 cm³/mol. The number of hydrogen-bond donors (Lipinski definition) is 1. The fourth-order valence-corrected chi connectivity index (χ4v) is 5.08. The molecular weight excluding hydrogens is 455 g/mol. The van der Waals surface area contributed by atoms with Crippen LogP contribution >= 0.6 is 23.2 Å². The zero-order valence-electron chi connectivity index (χ0n) is 19.7. The lowest BCUT2D eigenvalue weighted by molar-refractivity contribution is -0.153. The lowest BCUT2D eigenvalue weighted by atomic mass is 9.67. The second kappa shape index (κ2) is 9.90. The second-order valence-electron chi connectivity index (χ2n) is 10.1. The van der Waals surface area contributed by atoms with Gasteiger partial charge in [-0.3, -0.25) is 9.59 Å². The van der Waals surface area contributed by atoms with Gasteiger partial charge in [0.1, 0.15) is 6.54 Å². The molecule has 1 N–H and O–H groups in total. The quantitative estimate of drug-likeness (QED) is 0.470. The summed E-state index contributed by atoms with van der Waals surface area (Å²) < 4.78 is 0. The number of nitrogens with zero attached hydrogens (tertiary/aromatic N) is 1. The summed E-state index contributed by atoms with van der Waals surface area (Å²) >= 11 is 12.5. The molecule has 6 heteroatoms. The third kappa shape index (κ3) is 5.99. The third-order valence-electron chi connectivity index (χ3n) is 6.08. The van der Waals surface area contributed by atoms with Gasteiger partial charge in [0.25, 0.3) is 0 Å². The van der Waals surface area contributed by atoms with E-state index in [4.69, 9.17) is 23.2 Å². The molecule has 3 unspecified atom stereocenters. The maximum Gasteiger partial charge on any atom is 0.240 e. The number of rotatable bonds is 6. The van der Waals surface area contributed by atoms with Crippen LogP contribution in [0.3, 0.4) is 0 Å². The number of hydrogen-bond acceptors (Lipinski definition) is 2. The summed E-state index contributed by atoms with van der Waals surface area (Å²) in [5.41, 5.74) is 0.885. The van der Waals surface area contributed by atoms with Gasteiger partial charge in [-0.25, -0.2) is 0 Å². The van der Waals surface area contributed by atoms with Gasteiger partial charge in [-0.1, -0.05) is 60.5 Å². The van der Waals surface area contributed by atoms with Crippen molar-refractivity contribution >= 4 is 35.0 Å². The molecule has 0 spiro atoms. The van der Waals surface area contributed by atoms with Gasteiger partial charge < -0.3 is 10.2 Å². The molecule has 2 amide bonds. The molecule has 1 saturated heterocycles. The zero-order valence-corrected chi connectivity index (χ0v) is 21.2. The Bertz CT molecular complexity index is 1030. The minimum absolute atomic E-state index is 0.0345. The average Bonchev–Trinajstić information content (AvgIpc) is 2.71. The van der Waals surface area contributed by atoms with Crippen molar-refractivity contribution < 1.29 is 9.59 Å². The molecule has 176 valence electrons. The van der Waals surface area contributed by atoms with Gasteiger partial charge in [0.05, 0.1) is 11.5 Å². The Labute approximate surface area is 207 Å². The number of amides is 2. The van der Waals surface area contributed by atoms with Crippen molar-refractivity contribution in [2.75, 3.05) is 6.54 Å². The number of likely N-dealkylation sites (tertiary alicyclic amines) is 1. The van der Waals surface area contributed by atoms with Gasteiger partial charge in [0.15, 0.2) is 0 Å². The van der Waals surface area contributed by atoms with E-state index in [0.29, 0.717) is 22.9 Å². The molecular formula is C27H32Cl2N2O2. The average molecular weight is 487 g/mol. The number of piperidine rings is 1. The van der Waals surface area contributed by atoms with Gasteiger partial charge in [-0.05, 0) is 69.0 Å². The van der Waals surface area contributed by atoms with Crippen LogP contribution in [-0.4, -0.2) is 28.8 Å². The summed E-state index contributed by atoms with van der Waals surface area (Å²) in [6.45, 7) is 11.6. The first kappa shape index (κ1) is 25.3. The Morgan fingerprint density at radius 2 is 1.82 bits per heavy atom. The Morgan fingerprint density at radius 1 is 1.15 bits per heavy atom. The van der Waals surface area contributed by atoms with Crippen molar-refractivity contribution in [2.45, 2.75) is 58.0 Å². The first-order valence-corrected chi connectivity index (χ1v) is 11.9. The zero-order chi connectivity index (χ0) is 24.4. The Balaban J connectivity index is 2.14. The van der Waals surface area contributed by atoms with Crippen LogP contribution in [0.2, 0.25) is 10.0 Å². The SMILES string of the molecule is C=CCC1(C)CC(c2cccc(Cl)c2)C(c2ccc(Cl)cc2)N(CC(=O)NC(C)(C)C)C1=O. The van der Waals surface area contributed by atoms with E-state index in [9.17, 15) is 9.59 Å². The maximum absolute atomic E-state index is 13.9. The first-order chi connectivity index (χ1) is 15.4. The fraction of sp³-hybridized carbons (Fsp3) is 0.407. The van der Waals surface area contributed by atoms with E-state index in [1.807, 2.05) is 76.2 Å². The minimum Gasteiger partial charge on any atom is -0.350 e. The van der Waals surface area contributed by atoms with Crippen LogP contribution < -0.4 is 5.32 Å². The van der Waals surface area contributed by atoms with Gasteiger partial charge in [0.2, 0.25) is 11.8 Å². The molecule has 3 rings (SSSR count). The Morgan fingerprint density at radius 3 is 2.39 bits per heavy atom. The Kier molecular flexibility index (Phi) is 7.60. The van der Waals surface area contributed by atoms with Crippen LogP contribution in [0.4, 0.5) is 0 Å². The molecule has 1 heterocycles. The maximum atomic E-state index is 13.9. The molecule has 3 atom stereocenters. The monoisotopic (exact) mass is 486 g/mol. The second-order valence-corrected chi connectivity index (χ2v) is 11.0. The number of carbonyl (C=O) groups is 2. The number of carbonyl (C=O) groups excluding carboxylic acids is 2. The molecule has 1 aliphatic rings. The van der Waals surface area contributed by atoms with E-state index in [2.05, 4.69) is 11.9 Å². The minimum atomic E-state index is -0.681.